The van der Waals surface area contributed by atoms with E-state index >= 15 is 0 Å². The highest BCUT2D eigenvalue weighted by atomic mass is 79.9. The summed E-state index contributed by atoms with van der Waals surface area (Å²) in [6.45, 7) is 0.432. The summed E-state index contributed by atoms with van der Waals surface area (Å²) in [5.41, 5.74) is -0.886. The number of unbranched alkanes of at least 4 members (excludes halogenated alkanes) is 1. The Morgan fingerprint density at radius 1 is 1.57 bits per heavy atom. The molecule has 0 saturated heterocycles. The largest absolute Gasteiger partial charge is 0.328 e. The first-order valence-corrected chi connectivity index (χ1v) is 4.80. The molecular weight excluding hydrogens is 250 g/mol. The first kappa shape index (κ1) is 10.7. The van der Waals surface area contributed by atoms with E-state index in [1.807, 2.05) is 6.07 Å². The van der Waals surface area contributed by atoms with Crippen LogP contribution in [-0.4, -0.2) is 9.55 Å². The van der Waals surface area contributed by atoms with E-state index in [1.165, 1.54) is 10.8 Å². The Labute approximate surface area is 88.1 Å². The standard InChI is InChI=1S/C8H8BrN3O2/c9-6-5-12(4-2-1-3-10)8(14)11-7(6)13/h5H,1-2,4H2,(H,11,13,14). The number of aromatic nitrogens is 2. The number of hydrogen-bond donors (Lipinski definition) is 1. The van der Waals surface area contributed by atoms with E-state index in [1.54, 1.807) is 0 Å². The minimum atomic E-state index is -0.448. The van der Waals surface area contributed by atoms with Gasteiger partial charge in [0, 0.05) is 19.2 Å². The van der Waals surface area contributed by atoms with E-state index in [0.29, 0.717) is 23.9 Å². The molecule has 0 amide bonds. The molecule has 0 spiro atoms. The Balaban J connectivity index is 2.89. The smallest absolute Gasteiger partial charge is 0.299 e. The highest BCUT2D eigenvalue weighted by molar-refractivity contribution is 9.10. The summed E-state index contributed by atoms with van der Waals surface area (Å²) in [5.74, 6) is 0. The maximum atomic E-state index is 11.2. The lowest BCUT2D eigenvalue weighted by Crippen LogP contribution is -2.29. The van der Waals surface area contributed by atoms with E-state index in [4.69, 9.17) is 5.26 Å². The van der Waals surface area contributed by atoms with E-state index in [9.17, 15) is 9.59 Å². The van der Waals surface area contributed by atoms with Crippen LogP contribution in [0.15, 0.2) is 20.3 Å². The van der Waals surface area contributed by atoms with Crippen molar-refractivity contribution in [2.75, 3.05) is 0 Å². The normalized spacial score (nSPS) is 9.71. The molecule has 1 N–H and O–H groups in total. The van der Waals surface area contributed by atoms with Crippen LogP contribution in [-0.2, 0) is 6.54 Å². The molecule has 1 heterocycles. The number of aryl methyl sites for hydroxylation is 1. The number of hydrogen-bond acceptors (Lipinski definition) is 3. The van der Waals surface area contributed by atoms with Crippen LogP contribution in [0, 0.1) is 11.3 Å². The van der Waals surface area contributed by atoms with Gasteiger partial charge in [-0.05, 0) is 22.4 Å². The first-order valence-electron chi connectivity index (χ1n) is 4.01. The fourth-order valence-electron chi connectivity index (χ4n) is 0.977. The molecule has 0 aromatic carbocycles. The Bertz CT molecular complexity index is 469. The maximum absolute atomic E-state index is 11.2. The zero-order chi connectivity index (χ0) is 10.6. The second-order valence-corrected chi connectivity index (χ2v) is 3.55. The van der Waals surface area contributed by atoms with Crippen molar-refractivity contribution in [3.8, 4) is 6.07 Å². The zero-order valence-corrected chi connectivity index (χ0v) is 8.87. The van der Waals surface area contributed by atoms with Gasteiger partial charge in [-0.15, -0.1) is 0 Å². The fraction of sp³-hybridized carbons (Fsp3) is 0.375. The highest BCUT2D eigenvalue weighted by Gasteiger charge is 2.00. The van der Waals surface area contributed by atoms with E-state index in [2.05, 4.69) is 20.9 Å². The molecule has 0 unspecified atom stereocenters. The lowest BCUT2D eigenvalue weighted by atomic mass is 10.3. The van der Waals surface area contributed by atoms with Gasteiger partial charge in [0.2, 0.25) is 0 Å². The minimum absolute atomic E-state index is 0.314. The minimum Gasteiger partial charge on any atom is -0.299 e. The van der Waals surface area contributed by atoms with Gasteiger partial charge in [-0.25, -0.2) is 4.79 Å². The van der Waals surface area contributed by atoms with Gasteiger partial charge >= 0.3 is 5.69 Å². The summed E-state index contributed by atoms with van der Waals surface area (Å²) in [7, 11) is 0. The number of nitriles is 1. The van der Waals surface area contributed by atoms with Gasteiger partial charge in [0.25, 0.3) is 5.56 Å². The lowest BCUT2D eigenvalue weighted by molar-refractivity contribution is 0.610. The molecule has 1 rings (SSSR count). The molecule has 0 aliphatic carbocycles. The topological polar surface area (TPSA) is 78.7 Å². The third-order valence-electron chi connectivity index (χ3n) is 1.66. The number of aromatic amines is 1. The average molecular weight is 258 g/mol. The van der Waals surface area contributed by atoms with Crippen LogP contribution in [0.2, 0.25) is 0 Å². The monoisotopic (exact) mass is 257 g/mol. The summed E-state index contributed by atoms with van der Waals surface area (Å²) in [5, 5.41) is 8.31. The van der Waals surface area contributed by atoms with Crippen molar-refractivity contribution < 1.29 is 0 Å². The van der Waals surface area contributed by atoms with E-state index in [-0.39, 0.29) is 0 Å². The third-order valence-corrected chi connectivity index (χ3v) is 2.22. The second kappa shape index (κ2) is 4.77. The summed E-state index contributed by atoms with van der Waals surface area (Å²) in [6, 6.07) is 1.98. The summed E-state index contributed by atoms with van der Waals surface area (Å²) in [4.78, 5) is 24.3. The Hall–Kier alpha value is -1.35. The molecule has 0 fully saturated rings. The van der Waals surface area contributed by atoms with Gasteiger partial charge in [0.05, 0.1) is 10.5 Å². The van der Waals surface area contributed by atoms with Crippen molar-refractivity contribution in [3.05, 3.63) is 31.5 Å². The van der Waals surface area contributed by atoms with Gasteiger partial charge in [-0.1, -0.05) is 0 Å². The van der Waals surface area contributed by atoms with Gasteiger partial charge in [-0.2, -0.15) is 5.26 Å². The van der Waals surface area contributed by atoms with Crippen LogP contribution in [0.25, 0.3) is 0 Å². The van der Waals surface area contributed by atoms with Gasteiger partial charge in [-0.3, -0.25) is 14.3 Å². The first-order chi connectivity index (χ1) is 6.65. The van der Waals surface area contributed by atoms with Gasteiger partial charge < -0.3 is 0 Å². The van der Waals surface area contributed by atoms with Crippen LogP contribution < -0.4 is 11.2 Å². The molecule has 14 heavy (non-hydrogen) atoms. The van der Waals surface area contributed by atoms with Gasteiger partial charge in [0.1, 0.15) is 0 Å². The molecule has 1 aromatic heterocycles. The fourth-order valence-corrected chi connectivity index (χ4v) is 1.32. The molecule has 0 saturated carbocycles. The van der Waals surface area contributed by atoms with Crippen LogP contribution in [0.4, 0.5) is 0 Å². The van der Waals surface area contributed by atoms with Crippen LogP contribution >= 0.6 is 15.9 Å². The zero-order valence-electron chi connectivity index (χ0n) is 7.29. The molecule has 74 valence electrons. The van der Waals surface area contributed by atoms with Crippen molar-refractivity contribution in [3.63, 3.8) is 0 Å². The molecule has 5 nitrogen and oxygen atoms in total. The molecule has 0 aliphatic rings. The quantitative estimate of drug-likeness (QED) is 0.806. The maximum Gasteiger partial charge on any atom is 0.328 e. The molecular formula is C8H8BrN3O2. The number of halogens is 1. The van der Waals surface area contributed by atoms with E-state index in [0.717, 1.165) is 0 Å². The SMILES string of the molecule is N#CCCCn1cc(Br)c(=O)[nH]c1=O. The summed E-state index contributed by atoms with van der Waals surface area (Å²) < 4.78 is 1.68. The Kier molecular flexibility index (Phi) is 3.65. The Morgan fingerprint density at radius 3 is 2.93 bits per heavy atom. The predicted octanol–water partition coefficient (Wildman–Crippen LogP) is 0.603. The molecule has 6 heteroatoms. The number of rotatable bonds is 3. The van der Waals surface area contributed by atoms with Crippen molar-refractivity contribution in [1.29, 1.82) is 5.26 Å². The number of H-pyrrole nitrogens is 1. The second-order valence-electron chi connectivity index (χ2n) is 2.69. The highest BCUT2D eigenvalue weighted by Crippen LogP contribution is 1.99. The van der Waals surface area contributed by atoms with Crippen LogP contribution in [0.1, 0.15) is 12.8 Å². The molecule has 1 aromatic rings. The van der Waals surface area contributed by atoms with Crippen molar-refractivity contribution in [2.45, 2.75) is 19.4 Å². The van der Waals surface area contributed by atoms with Crippen LogP contribution in [0.5, 0.6) is 0 Å². The number of nitrogens with zero attached hydrogens (tertiary/aromatic N) is 2. The lowest BCUT2D eigenvalue weighted by Gasteiger charge is -2.02. The molecule has 0 radical (unpaired) electrons. The van der Waals surface area contributed by atoms with Crippen LogP contribution in [0.3, 0.4) is 0 Å². The van der Waals surface area contributed by atoms with Crippen molar-refractivity contribution in [1.82, 2.24) is 9.55 Å². The summed E-state index contributed by atoms with van der Waals surface area (Å²) in [6.07, 6.45) is 2.41. The third kappa shape index (κ3) is 2.57. The Morgan fingerprint density at radius 2 is 2.29 bits per heavy atom. The predicted molar refractivity (Wildman–Crippen MR) is 53.9 cm³/mol. The number of nitrogens with one attached hydrogen (secondary N) is 1. The van der Waals surface area contributed by atoms with Gasteiger partial charge in [0.15, 0.2) is 0 Å². The molecule has 0 atom stereocenters. The average Bonchev–Trinajstić information content (AvgIpc) is 2.14. The molecule has 0 bridgehead atoms. The molecule has 0 aliphatic heterocycles. The van der Waals surface area contributed by atoms with Crippen molar-refractivity contribution in [2.24, 2.45) is 0 Å². The van der Waals surface area contributed by atoms with Crippen molar-refractivity contribution >= 4 is 15.9 Å². The summed E-state index contributed by atoms with van der Waals surface area (Å²) >= 11 is 3.02. The van der Waals surface area contributed by atoms with E-state index < -0.39 is 11.2 Å².